The van der Waals surface area contributed by atoms with E-state index in [1.54, 1.807) is 0 Å². The Morgan fingerprint density at radius 3 is 2.66 bits per heavy atom. The topological polar surface area (TPSA) is 112 Å². The van der Waals surface area contributed by atoms with Gasteiger partial charge in [-0.2, -0.15) is 0 Å². The second-order valence-electron chi connectivity index (χ2n) is 7.41. The number of rotatable bonds is 7. The first-order valence-electron chi connectivity index (χ1n) is 10.0. The number of benzene rings is 1. The van der Waals surface area contributed by atoms with Crippen molar-refractivity contribution >= 4 is 28.6 Å². The van der Waals surface area contributed by atoms with Crippen LogP contribution < -0.4 is 16.0 Å². The minimum Gasteiger partial charge on any atom is -0.395 e. The minimum absolute atomic E-state index is 0.140. The fourth-order valence-electron chi connectivity index (χ4n) is 3.92. The van der Waals surface area contributed by atoms with Gasteiger partial charge in [-0.25, -0.2) is 0 Å². The number of aromatic nitrogens is 1. The number of amides is 3. The predicted molar refractivity (Wildman–Crippen MR) is 109 cm³/mol. The summed E-state index contributed by atoms with van der Waals surface area (Å²) < 4.78 is 1.86. The van der Waals surface area contributed by atoms with Gasteiger partial charge in [0.05, 0.1) is 19.1 Å². The Morgan fingerprint density at radius 2 is 1.90 bits per heavy atom. The molecule has 0 saturated heterocycles. The Kier molecular flexibility index (Phi) is 6.87. The van der Waals surface area contributed by atoms with E-state index >= 15 is 0 Å². The van der Waals surface area contributed by atoms with Gasteiger partial charge in [0.1, 0.15) is 5.69 Å². The maximum Gasteiger partial charge on any atom is 0.268 e. The first-order chi connectivity index (χ1) is 14.0. The van der Waals surface area contributed by atoms with Crippen LogP contribution in [0.4, 0.5) is 0 Å². The van der Waals surface area contributed by atoms with Gasteiger partial charge in [-0.1, -0.05) is 31.0 Å². The van der Waals surface area contributed by atoms with Crippen molar-refractivity contribution in [2.75, 3.05) is 19.7 Å². The fraction of sp³-hybridized carbons (Fsp3) is 0.476. The van der Waals surface area contributed by atoms with Gasteiger partial charge in [0, 0.05) is 30.5 Å². The molecule has 2 atom stereocenters. The molecule has 8 nitrogen and oxygen atoms in total. The Balaban J connectivity index is 1.64. The van der Waals surface area contributed by atoms with Crippen LogP contribution in [0.1, 0.15) is 36.2 Å². The maximum atomic E-state index is 12.9. The van der Waals surface area contributed by atoms with E-state index in [0.29, 0.717) is 12.1 Å². The molecule has 1 aromatic carbocycles. The van der Waals surface area contributed by atoms with Gasteiger partial charge in [0.2, 0.25) is 11.8 Å². The average molecular weight is 400 g/mol. The molecular formula is C21H28N4O4. The third-order valence-corrected chi connectivity index (χ3v) is 5.46. The normalized spacial score (nSPS) is 19.0. The zero-order valence-corrected chi connectivity index (χ0v) is 16.6. The molecule has 3 amide bonds. The minimum atomic E-state index is -0.368. The largest absolute Gasteiger partial charge is 0.395 e. The molecule has 0 aliphatic heterocycles. The third kappa shape index (κ3) is 4.95. The maximum absolute atomic E-state index is 12.9. The monoisotopic (exact) mass is 400 g/mol. The number of hydrogen-bond acceptors (Lipinski definition) is 4. The highest BCUT2D eigenvalue weighted by Gasteiger charge is 2.32. The number of para-hydroxylation sites is 1. The molecule has 1 aromatic heterocycles. The van der Waals surface area contributed by atoms with E-state index in [9.17, 15) is 14.4 Å². The number of aryl methyl sites for hydroxylation is 1. The highest BCUT2D eigenvalue weighted by Crippen LogP contribution is 2.26. The van der Waals surface area contributed by atoms with Gasteiger partial charge in [0.25, 0.3) is 5.91 Å². The number of nitrogens with zero attached hydrogens (tertiary/aromatic N) is 1. The summed E-state index contributed by atoms with van der Waals surface area (Å²) >= 11 is 0. The molecule has 1 fully saturated rings. The summed E-state index contributed by atoms with van der Waals surface area (Å²) in [7, 11) is 1.85. The Labute approximate surface area is 169 Å². The fourth-order valence-corrected chi connectivity index (χ4v) is 3.92. The van der Waals surface area contributed by atoms with Crippen LogP contribution in [0.25, 0.3) is 10.9 Å². The molecule has 2 aromatic rings. The summed E-state index contributed by atoms with van der Waals surface area (Å²) in [6.45, 7) is -0.133. The number of carbonyl (C=O) groups is 3. The van der Waals surface area contributed by atoms with Crippen molar-refractivity contribution in [3.63, 3.8) is 0 Å². The molecule has 156 valence electrons. The van der Waals surface area contributed by atoms with Crippen molar-refractivity contribution in [1.82, 2.24) is 20.5 Å². The molecule has 1 aliphatic rings. The summed E-state index contributed by atoms with van der Waals surface area (Å²) in [6, 6.07) is 9.38. The molecule has 3 rings (SSSR count). The van der Waals surface area contributed by atoms with Crippen LogP contribution >= 0.6 is 0 Å². The number of fused-ring (bicyclic) bond motifs is 1. The first-order valence-corrected chi connectivity index (χ1v) is 10.0. The molecule has 29 heavy (non-hydrogen) atoms. The van der Waals surface area contributed by atoms with Gasteiger partial charge >= 0.3 is 0 Å². The summed E-state index contributed by atoms with van der Waals surface area (Å²) in [4.78, 5) is 37.2. The van der Waals surface area contributed by atoms with Crippen molar-refractivity contribution in [2.24, 2.45) is 13.0 Å². The van der Waals surface area contributed by atoms with E-state index in [1.807, 2.05) is 41.9 Å². The molecule has 0 spiro atoms. The van der Waals surface area contributed by atoms with E-state index in [-0.39, 0.29) is 49.4 Å². The third-order valence-electron chi connectivity index (χ3n) is 5.46. The molecule has 1 heterocycles. The second-order valence-corrected chi connectivity index (χ2v) is 7.41. The number of aliphatic hydroxyl groups is 1. The average Bonchev–Trinajstić information content (AvgIpc) is 3.08. The van der Waals surface area contributed by atoms with Gasteiger partial charge in [0.15, 0.2) is 0 Å². The van der Waals surface area contributed by atoms with Crippen LogP contribution in [0, 0.1) is 5.92 Å². The molecule has 8 heteroatoms. The lowest BCUT2D eigenvalue weighted by atomic mass is 9.83. The molecule has 0 unspecified atom stereocenters. The summed E-state index contributed by atoms with van der Waals surface area (Å²) in [6.07, 6.45) is 3.25. The molecular weight excluding hydrogens is 372 g/mol. The highest BCUT2D eigenvalue weighted by molar-refractivity contribution is 5.99. The van der Waals surface area contributed by atoms with Gasteiger partial charge < -0.3 is 25.6 Å². The zero-order valence-electron chi connectivity index (χ0n) is 16.6. The number of nitrogens with one attached hydrogen (secondary N) is 3. The SMILES string of the molecule is Cn1c(C(=O)N[C@H]2CCCC[C@H]2C(=O)NCC(=O)NCCO)cc2ccccc21. The van der Waals surface area contributed by atoms with Crippen LogP contribution in [0.3, 0.4) is 0 Å². The van der Waals surface area contributed by atoms with Gasteiger partial charge in [-0.05, 0) is 25.0 Å². The van der Waals surface area contributed by atoms with Crippen LogP contribution in [0.15, 0.2) is 30.3 Å². The van der Waals surface area contributed by atoms with E-state index in [4.69, 9.17) is 5.11 Å². The summed E-state index contributed by atoms with van der Waals surface area (Å²) in [5.74, 6) is -1.15. The Hall–Kier alpha value is -2.87. The smallest absolute Gasteiger partial charge is 0.268 e. The Morgan fingerprint density at radius 1 is 1.14 bits per heavy atom. The molecule has 1 saturated carbocycles. The van der Waals surface area contributed by atoms with Crippen molar-refractivity contribution in [3.8, 4) is 0 Å². The van der Waals surface area contributed by atoms with Gasteiger partial charge in [-0.3, -0.25) is 14.4 Å². The standard InChI is InChI=1S/C21H28N4O4/c1-25-17-9-5-2-6-14(17)12-18(25)21(29)24-16-8-4-3-7-15(16)20(28)23-13-19(27)22-10-11-26/h2,5-6,9,12,15-16,26H,3-4,7-8,10-11,13H2,1H3,(H,22,27)(H,23,28)(H,24,29)/t15-,16+/m1/s1. The number of hydrogen-bond donors (Lipinski definition) is 4. The van der Waals surface area contributed by atoms with Crippen LogP contribution in [0.5, 0.6) is 0 Å². The van der Waals surface area contributed by atoms with Gasteiger partial charge in [-0.15, -0.1) is 0 Å². The van der Waals surface area contributed by atoms with E-state index in [2.05, 4.69) is 16.0 Å². The lowest BCUT2D eigenvalue weighted by Crippen LogP contribution is -2.50. The molecule has 1 aliphatic carbocycles. The molecule has 4 N–H and O–H groups in total. The molecule has 0 bridgehead atoms. The number of carbonyl (C=O) groups excluding carboxylic acids is 3. The van der Waals surface area contributed by atoms with Crippen LogP contribution in [-0.4, -0.2) is 53.1 Å². The van der Waals surface area contributed by atoms with Crippen molar-refractivity contribution in [1.29, 1.82) is 0 Å². The second kappa shape index (κ2) is 9.56. The van der Waals surface area contributed by atoms with Crippen molar-refractivity contribution < 1.29 is 19.5 Å². The predicted octanol–water partition coefficient (Wildman–Crippen LogP) is 0.692. The van der Waals surface area contributed by atoms with E-state index in [1.165, 1.54) is 0 Å². The number of aliphatic hydroxyl groups excluding tert-OH is 1. The summed E-state index contributed by atoms with van der Waals surface area (Å²) in [5.41, 5.74) is 1.53. The summed E-state index contributed by atoms with van der Waals surface area (Å²) in [5, 5.41) is 17.9. The Bertz CT molecular complexity index is 892. The van der Waals surface area contributed by atoms with Crippen molar-refractivity contribution in [2.45, 2.75) is 31.7 Å². The lowest BCUT2D eigenvalue weighted by Gasteiger charge is -2.31. The van der Waals surface area contributed by atoms with Crippen molar-refractivity contribution in [3.05, 3.63) is 36.0 Å². The van der Waals surface area contributed by atoms with E-state index in [0.717, 1.165) is 30.2 Å². The zero-order chi connectivity index (χ0) is 20.8. The van der Waals surface area contributed by atoms with E-state index < -0.39 is 0 Å². The van der Waals surface area contributed by atoms with Crippen LogP contribution in [0.2, 0.25) is 0 Å². The van der Waals surface area contributed by atoms with Crippen LogP contribution in [-0.2, 0) is 16.6 Å². The molecule has 0 radical (unpaired) electrons. The quantitative estimate of drug-likeness (QED) is 0.548. The first kappa shape index (κ1) is 20.9. The lowest BCUT2D eigenvalue weighted by molar-refractivity contribution is -0.129. The highest BCUT2D eigenvalue weighted by atomic mass is 16.3.